The van der Waals surface area contributed by atoms with Crippen LogP contribution in [0, 0.1) is 5.41 Å². The first-order chi connectivity index (χ1) is 8.32. The average molecular weight is 254 g/mol. The second-order valence-corrected chi connectivity index (χ2v) is 6.55. The molecule has 0 radical (unpaired) electrons. The summed E-state index contributed by atoms with van der Waals surface area (Å²) in [5.74, 6) is 1.05. The number of guanidine groups is 1. The maximum absolute atomic E-state index is 4.78. The van der Waals surface area contributed by atoms with Crippen molar-refractivity contribution in [3.63, 3.8) is 0 Å². The zero-order valence-electron chi connectivity index (χ0n) is 13.0. The molecule has 0 atom stereocenters. The zero-order valence-corrected chi connectivity index (χ0v) is 13.0. The Labute approximate surface area is 113 Å². The van der Waals surface area contributed by atoms with Crippen molar-refractivity contribution in [3.8, 4) is 0 Å². The Morgan fingerprint density at radius 1 is 1.06 bits per heavy atom. The third kappa shape index (κ3) is 4.84. The molecule has 0 bridgehead atoms. The van der Waals surface area contributed by atoms with Crippen LogP contribution in [-0.4, -0.2) is 75.0 Å². The van der Waals surface area contributed by atoms with E-state index in [1.807, 2.05) is 28.2 Å². The summed E-state index contributed by atoms with van der Waals surface area (Å²) in [5, 5.41) is 0. The third-order valence-electron chi connectivity index (χ3n) is 3.30. The number of hydrogen-bond donors (Lipinski definition) is 0. The quantitative estimate of drug-likeness (QED) is 0.562. The van der Waals surface area contributed by atoms with E-state index in [-0.39, 0.29) is 5.41 Å². The van der Waals surface area contributed by atoms with E-state index < -0.39 is 0 Å². The molecule has 4 heteroatoms. The van der Waals surface area contributed by atoms with Crippen LogP contribution in [0.4, 0.5) is 0 Å². The molecular weight excluding hydrogens is 224 g/mol. The average Bonchev–Trinajstić information content (AvgIpc) is 2.68. The van der Waals surface area contributed by atoms with Gasteiger partial charge in [0.05, 0.1) is 0 Å². The van der Waals surface area contributed by atoms with E-state index in [1.165, 1.54) is 25.9 Å². The van der Waals surface area contributed by atoms with Gasteiger partial charge in [0.2, 0.25) is 0 Å². The van der Waals surface area contributed by atoms with Crippen LogP contribution in [-0.2, 0) is 0 Å². The van der Waals surface area contributed by atoms with Gasteiger partial charge in [0.25, 0.3) is 0 Å². The fourth-order valence-electron chi connectivity index (χ4n) is 2.56. The molecule has 1 fully saturated rings. The van der Waals surface area contributed by atoms with Crippen molar-refractivity contribution < 1.29 is 0 Å². The lowest BCUT2D eigenvalue weighted by Gasteiger charge is -2.30. The van der Waals surface area contributed by atoms with Crippen molar-refractivity contribution in [2.75, 3.05) is 54.4 Å². The summed E-state index contributed by atoms with van der Waals surface area (Å²) in [6.45, 7) is 9.21. The van der Waals surface area contributed by atoms with Crippen molar-refractivity contribution in [3.05, 3.63) is 0 Å². The Balaban J connectivity index is 2.54. The molecule has 1 heterocycles. The molecule has 0 spiro atoms. The highest BCUT2D eigenvalue weighted by Crippen LogP contribution is 2.20. The fourth-order valence-corrected chi connectivity index (χ4v) is 2.56. The van der Waals surface area contributed by atoms with Crippen molar-refractivity contribution >= 4 is 5.96 Å². The lowest BCUT2D eigenvalue weighted by atomic mass is 9.93. The molecule has 0 aliphatic carbocycles. The van der Waals surface area contributed by atoms with Crippen molar-refractivity contribution in [1.29, 1.82) is 0 Å². The summed E-state index contributed by atoms with van der Waals surface area (Å²) in [6, 6.07) is 0. The van der Waals surface area contributed by atoms with Crippen LogP contribution in [0.1, 0.15) is 26.7 Å². The summed E-state index contributed by atoms with van der Waals surface area (Å²) in [7, 11) is 8.19. The molecule has 0 saturated carbocycles. The van der Waals surface area contributed by atoms with Gasteiger partial charge in [-0.15, -0.1) is 0 Å². The molecule has 1 aliphatic rings. The second-order valence-electron chi connectivity index (χ2n) is 6.55. The van der Waals surface area contributed by atoms with E-state index >= 15 is 0 Å². The van der Waals surface area contributed by atoms with Gasteiger partial charge in [-0.1, -0.05) is 13.8 Å². The molecule has 1 rings (SSSR count). The topological polar surface area (TPSA) is 22.1 Å². The van der Waals surface area contributed by atoms with Gasteiger partial charge >= 0.3 is 0 Å². The van der Waals surface area contributed by atoms with Gasteiger partial charge in [-0.2, -0.15) is 0 Å². The standard InChI is InChI=1S/C14H30N4/c1-14(2,12-18-9-7-8-10-18)11-15-13(16(3)4)17(5)6/h7-12H2,1-6H3. The van der Waals surface area contributed by atoms with Crippen LogP contribution in [0.3, 0.4) is 0 Å². The molecule has 106 valence electrons. The Morgan fingerprint density at radius 2 is 1.56 bits per heavy atom. The first-order valence-electron chi connectivity index (χ1n) is 6.93. The molecule has 0 unspecified atom stereocenters. The predicted molar refractivity (Wildman–Crippen MR) is 79.1 cm³/mol. The van der Waals surface area contributed by atoms with Crippen LogP contribution in [0.2, 0.25) is 0 Å². The van der Waals surface area contributed by atoms with Crippen molar-refractivity contribution in [2.45, 2.75) is 26.7 Å². The number of likely N-dealkylation sites (tertiary alicyclic amines) is 1. The fraction of sp³-hybridized carbons (Fsp3) is 0.929. The summed E-state index contributed by atoms with van der Waals surface area (Å²) >= 11 is 0. The Kier molecular flexibility index (Phi) is 5.45. The molecule has 1 saturated heterocycles. The number of nitrogens with zero attached hydrogens (tertiary/aromatic N) is 4. The molecule has 0 amide bonds. The normalized spacial score (nSPS) is 16.8. The lowest BCUT2D eigenvalue weighted by molar-refractivity contribution is 0.215. The maximum atomic E-state index is 4.78. The van der Waals surface area contributed by atoms with Gasteiger partial charge < -0.3 is 14.7 Å². The first-order valence-corrected chi connectivity index (χ1v) is 6.93. The van der Waals surface area contributed by atoms with E-state index in [0.717, 1.165) is 19.0 Å². The Hall–Kier alpha value is -0.770. The molecule has 18 heavy (non-hydrogen) atoms. The van der Waals surface area contributed by atoms with Crippen LogP contribution in [0.15, 0.2) is 4.99 Å². The molecule has 0 N–H and O–H groups in total. The molecule has 0 aromatic heterocycles. The highest BCUT2D eigenvalue weighted by Gasteiger charge is 2.24. The van der Waals surface area contributed by atoms with E-state index in [4.69, 9.17) is 4.99 Å². The molecule has 1 aliphatic heterocycles. The highest BCUT2D eigenvalue weighted by molar-refractivity contribution is 5.79. The minimum atomic E-state index is 0.252. The molecule has 0 aromatic rings. The van der Waals surface area contributed by atoms with Crippen LogP contribution in [0.5, 0.6) is 0 Å². The van der Waals surface area contributed by atoms with Crippen LogP contribution >= 0.6 is 0 Å². The predicted octanol–water partition coefficient (Wildman–Crippen LogP) is 1.59. The lowest BCUT2D eigenvalue weighted by Crippen LogP contribution is -2.38. The SMILES string of the molecule is CN(C)C(=NCC(C)(C)CN1CCCC1)N(C)C. The van der Waals surface area contributed by atoms with E-state index in [9.17, 15) is 0 Å². The third-order valence-corrected chi connectivity index (χ3v) is 3.30. The van der Waals surface area contributed by atoms with Gasteiger partial charge in [-0.3, -0.25) is 4.99 Å². The summed E-state index contributed by atoms with van der Waals surface area (Å²) in [5.41, 5.74) is 0.252. The summed E-state index contributed by atoms with van der Waals surface area (Å²) in [4.78, 5) is 11.5. The van der Waals surface area contributed by atoms with E-state index in [1.54, 1.807) is 0 Å². The van der Waals surface area contributed by atoms with Gasteiger partial charge in [-0.05, 0) is 31.3 Å². The Morgan fingerprint density at radius 3 is 2.00 bits per heavy atom. The van der Waals surface area contributed by atoms with Crippen molar-refractivity contribution in [2.24, 2.45) is 10.4 Å². The summed E-state index contributed by atoms with van der Waals surface area (Å²) < 4.78 is 0. The number of hydrogen-bond acceptors (Lipinski definition) is 2. The van der Waals surface area contributed by atoms with Gasteiger partial charge in [0.15, 0.2) is 5.96 Å². The van der Waals surface area contributed by atoms with Crippen LogP contribution in [0.25, 0.3) is 0 Å². The molecule has 4 nitrogen and oxygen atoms in total. The van der Waals surface area contributed by atoms with Gasteiger partial charge in [0, 0.05) is 41.3 Å². The maximum Gasteiger partial charge on any atom is 0.195 e. The molecule has 0 aromatic carbocycles. The monoisotopic (exact) mass is 254 g/mol. The molecular formula is C14H30N4. The number of aliphatic imine (C=N–C) groups is 1. The van der Waals surface area contributed by atoms with Gasteiger partial charge in [0.1, 0.15) is 0 Å². The summed E-state index contributed by atoms with van der Waals surface area (Å²) in [6.07, 6.45) is 2.72. The highest BCUT2D eigenvalue weighted by atomic mass is 15.3. The zero-order chi connectivity index (χ0) is 13.8. The van der Waals surface area contributed by atoms with E-state index in [0.29, 0.717) is 0 Å². The minimum Gasteiger partial charge on any atom is -0.349 e. The minimum absolute atomic E-state index is 0.252. The first kappa shape index (κ1) is 15.3. The van der Waals surface area contributed by atoms with Gasteiger partial charge in [-0.25, -0.2) is 0 Å². The van der Waals surface area contributed by atoms with E-state index in [2.05, 4.69) is 28.5 Å². The largest absolute Gasteiger partial charge is 0.349 e. The smallest absolute Gasteiger partial charge is 0.195 e. The number of rotatable bonds is 4. The van der Waals surface area contributed by atoms with Crippen LogP contribution < -0.4 is 0 Å². The second kappa shape index (κ2) is 6.41. The van der Waals surface area contributed by atoms with Crippen molar-refractivity contribution in [1.82, 2.24) is 14.7 Å². The Bertz CT molecular complexity index is 266.